The Morgan fingerprint density at radius 1 is 1.24 bits per heavy atom. The lowest BCUT2D eigenvalue weighted by atomic mass is 10.2. The van der Waals surface area contributed by atoms with Crippen LogP contribution in [-0.4, -0.2) is 35.6 Å². The molecule has 3 amide bonds. The van der Waals surface area contributed by atoms with Crippen LogP contribution in [0.15, 0.2) is 45.8 Å². The van der Waals surface area contributed by atoms with Gasteiger partial charge >= 0.3 is 0 Å². The molecule has 2 aromatic rings. The van der Waals surface area contributed by atoms with Gasteiger partial charge in [-0.2, -0.15) is 0 Å². The Kier molecular flexibility index (Phi) is 6.33. The van der Waals surface area contributed by atoms with Crippen LogP contribution in [0.2, 0.25) is 0 Å². The number of amides is 3. The Morgan fingerprint density at radius 3 is 2.69 bits per heavy atom. The number of halogens is 3. The molecule has 1 fully saturated rings. The van der Waals surface area contributed by atoms with Gasteiger partial charge in [0, 0.05) is 16.1 Å². The minimum absolute atomic E-state index is 0.118. The van der Waals surface area contributed by atoms with Gasteiger partial charge in [-0.3, -0.25) is 19.3 Å². The van der Waals surface area contributed by atoms with Crippen molar-refractivity contribution >= 4 is 56.5 Å². The molecule has 0 aliphatic carbocycles. The van der Waals surface area contributed by atoms with E-state index >= 15 is 0 Å². The second-order valence-electron chi connectivity index (χ2n) is 5.83. The first-order chi connectivity index (χ1) is 13.8. The maximum Gasteiger partial charge on any atom is 0.294 e. The summed E-state index contributed by atoms with van der Waals surface area (Å²) in [4.78, 5) is 37.8. The molecule has 0 unspecified atom stereocenters. The van der Waals surface area contributed by atoms with Crippen molar-refractivity contribution in [3.8, 4) is 5.75 Å². The molecule has 150 valence electrons. The highest BCUT2D eigenvalue weighted by Gasteiger charge is 2.36. The second-order valence-corrected chi connectivity index (χ2v) is 7.74. The zero-order valence-electron chi connectivity index (χ0n) is 14.9. The maximum atomic E-state index is 13.7. The van der Waals surface area contributed by atoms with Gasteiger partial charge < -0.3 is 10.1 Å². The Morgan fingerprint density at radius 2 is 2.00 bits per heavy atom. The van der Waals surface area contributed by atoms with Crippen molar-refractivity contribution in [1.29, 1.82) is 0 Å². The fourth-order valence-corrected chi connectivity index (χ4v) is 3.73. The second kappa shape index (κ2) is 8.75. The van der Waals surface area contributed by atoms with Crippen LogP contribution in [0.25, 0.3) is 6.08 Å². The molecule has 1 saturated heterocycles. The van der Waals surface area contributed by atoms with Gasteiger partial charge in [-0.1, -0.05) is 15.9 Å². The third-order valence-electron chi connectivity index (χ3n) is 3.86. The molecule has 1 N–H and O–H groups in total. The number of imide groups is 1. The fourth-order valence-electron chi connectivity index (χ4n) is 2.52. The van der Waals surface area contributed by atoms with E-state index < -0.39 is 35.2 Å². The predicted molar refractivity (Wildman–Crippen MR) is 108 cm³/mol. The number of hydrogen-bond acceptors (Lipinski definition) is 5. The first-order valence-electron chi connectivity index (χ1n) is 8.12. The number of carbonyl (C=O) groups is 3. The summed E-state index contributed by atoms with van der Waals surface area (Å²) < 4.78 is 32.6. The number of methoxy groups -OCH3 is 1. The van der Waals surface area contributed by atoms with E-state index in [2.05, 4.69) is 21.2 Å². The lowest BCUT2D eigenvalue weighted by Gasteiger charge is -2.13. The highest BCUT2D eigenvalue weighted by atomic mass is 79.9. The van der Waals surface area contributed by atoms with Gasteiger partial charge in [0.25, 0.3) is 11.1 Å². The Labute approximate surface area is 177 Å². The highest BCUT2D eigenvalue weighted by molar-refractivity contribution is 9.10. The number of carbonyl (C=O) groups excluding carboxylic acids is 3. The third kappa shape index (κ3) is 4.83. The van der Waals surface area contributed by atoms with Crippen LogP contribution >= 0.6 is 27.7 Å². The number of thioether (sulfide) groups is 1. The molecule has 29 heavy (non-hydrogen) atoms. The summed E-state index contributed by atoms with van der Waals surface area (Å²) in [5, 5.41) is 1.58. The van der Waals surface area contributed by atoms with E-state index in [4.69, 9.17) is 4.74 Å². The summed E-state index contributed by atoms with van der Waals surface area (Å²) in [6.07, 6.45) is 1.49. The molecule has 6 nitrogen and oxygen atoms in total. The summed E-state index contributed by atoms with van der Waals surface area (Å²) in [5.74, 6) is -2.70. The number of nitrogens with one attached hydrogen (secondary N) is 1. The van der Waals surface area contributed by atoms with E-state index in [-0.39, 0.29) is 10.6 Å². The molecule has 0 aromatic heterocycles. The van der Waals surface area contributed by atoms with E-state index in [1.165, 1.54) is 13.2 Å². The first kappa shape index (κ1) is 21.0. The topological polar surface area (TPSA) is 75.7 Å². The minimum Gasteiger partial charge on any atom is -0.496 e. The van der Waals surface area contributed by atoms with Crippen LogP contribution < -0.4 is 10.1 Å². The predicted octanol–water partition coefficient (Wildman–Crippen LogP) is 4.41. The largest absolute Gasteiger partial charge is 0.496 e. The lowest BCUT2D eigenvalue weighted by molar-refractivity contribution is -0.127. The van der Waals surface area contributed by atoms with Crippen LogP contribution in [0.1, 0.15) is 5.56 Å². The molecule has 3 rings (SSSR count). The molecule has 0 atom stereocenters. The van der Waals surface area contributed by atoms with E-state index in [0.717, 1.165) is 21.5 Å². The van der Waals surface area contributed by atoms with Crippen molar-refractivity contribution in [2.75, 3.05) is 19.0 Å². The van der Waals surface area contributed by atoms with Crippen LogP contribution in [0.5, 0.6) is 5.75 Å². The summed E-state index contributed by atoms with van der Waals surface area (Å²) >= 11 is 4.01. The van der Waals surface area contributed by atoms with Crippen LogP contribution in [0, 0.1) is 11.6 Å². The number of benzene rings is 2. The van der Waals surface area contributed by atoms with Gasteiger partial charge in [0.05, 0.1) is 17.7 Å². The van der Waals surface area contributed by atoms with E-state index in [1.807, 2.05) is 0 Å². The van der Waals surface area contributed by atoms with Crippen molar-refractivity contribution in [3.63, 3.8) is 0 Å². The molecule has 10 heteroatoms. The zero-order chi connectivity index (χ0) is 21.1. The number of anilines is 1. The number of hydrogen-bond donors (Lipinski definition) is 1. The van der Waals surface area contributed by atoms with E-state index in [9.17, 15) is 23.2 Å². The molecule has 1 aliphatic heterocycles. The van der Waals surface area contributed by atoms with E-state index in [0.29, 0.717) is 29.1 Å². The number of ether oxygens (including phenoxy) is 1. The molecule has 1 aliphatic rings. The Hall–Kier alpha value is -2.72. The molecule has 0 saturated carbocycles. The van der Waals surface area contributed by atoms with Crippen LogP contribution in [0.3, 0.4) is 0 Å². The molecule has 1 heterocycles. The molecule has 0 radical (unpaired) electrons. The quantitative estimate of drug-likeness (QED) is 0.638. The normalized spacial score (nSPS) is 15.2. The minimum atomic E-state index is -0.964. The summed E-state index contributed by atoms with van der Waals surface area (Å²) in [7, 11) is 1.48. The summed E-state index contributed by atoms with van der Waals surface area (Å²) in [6, 6.07) is 7.83. The Balaban J connectivity index is 1.75. The summed E-state index contributed by atoms with van der Waals surface area (Å²) in [6.45, 7) is -0.603. The van der Waals surface area contributed by atoms with Gasteiger partial charge in [0.2, 0.25) is 5.91 Å². The summed E-state index contributed by atoms with van der Waals surface area (Å²) in [5.41, 5.74) is 0.322. The van der Waals surface area contributed by atoms with Crippen molar-refractivity contribution < 1.29 is 27.9 Å². The average molecular weight is 483 g/mol. The SMILES string of the molecule is COc1ccc(Br)cc1C=C1SC(=O)N(CC(=O)Nc2ccc(F)cc2F)C1=O. The molecular weight excluding hydrogens is 470 g/mol. The van der Waals surface area contributed by atoms with Crippen molar-refractivity contribution in [1.82, 2.24) is 4.90 Å². The smallest absolute Gasteiger partial charge is 0.294 e. The van der Waals surface area contributed by atoms with Gasteiger partial charge in [-0.05, 0) is 48.2 Å². The number of nitrogens with zero attached hydrogens (tertiary/aromatic N) is 1. The molecule has 2 aromatic carbocycles. The van der Waals surface area contributed by atoms with Crippen molar-refractivity contribution in [2.45, 2.75) is 0 Å². The Bertz CT molecular complexity index is 1040. The van der Waals surface area contributed by atoms with E-state index in [1.54, 1.807) is 18.2 Å². The van der Waals surface area contributed by atoms with Gasteiger partial charge in [-0.15, -0.1) is 0 Å². The fraction of sp³-hybridized carbons (Fsp3) is 0.105. The average Bonchev–Trinajstić information content (AvgIpc) is 2.92. The van der Waals surface area contributed by atoms with Crippen molar-refractivity contribution in [2.24, 2.45) is 0 Å². The van der Waals surface area contributed by atoms with Crippen LogP contribution in [-0.2, 0) is 9.59 Å². The third-order valence-corrected chi connectivity index (χ3v) is 5.26. The molecular formula is C19H13BrF2N2O4S. The first-order valence-corrected chi connectivity index (χ1v) is 9.73. The molecule has 0 spiro atoms. The highest BCUT2D eigenvalue weighted by Crippen LogP contribution is 2.34. The maximum absolute atomic E-state index is 13.7. The molecule has 0 bridgehead atoms. The lowest BCUT2D eigenvalue weighted by Crippen LogP contribution is -2.36. The van der Waals surface area contributed by atoms with Gasteiger partial charge in [0.1, 0.15) is 23.9 Å². The van der Waals surface area contributed by atoms with Crippen LogP contribution in [0.4, 0.5) is 19.3 Å². The van der Waals surface area contributed by atoms with Gasteiger partial charge in [-0.25, -0.2) is 8.78 Å². The van der Waals surface area contributed by atoms with Crippen molar-refractivity contribution in [3.05, 3.63) is 63.0 Å². The number of rotatable bonds is 5. The van der Waals surface area contributed by atoms with Gasteiger partial charge in [0.15, 0.2) is 0 Å². The standard InChI is InChI=1S/C19H13BrF2N2O4S/c1-28-15-5-2-11(20)6-10(15)7-16-18(26)24(19(27)29-16)9-17(25)23-14-4-3-12(21)8-13(14)22/h2-8H,9H2,1H3,(H,23,25). The monoisotopic (exact) mass is 482 g/mol. The zero-order valence-corrected chi connectivity index (χ0v) is 17.3.